The van der Waals surface area contributed by atoms with Gasteiger partial charge < -0.3 is 4.74 Å². The van der Waals surface area contributed by atoms with E-state index in [-0.39, 0.29) is 11.7 Å². The number of amides is 1. The van der Waals surface area contributed by atoms with Crippen LogP contribution in [-0.2, 0) is 4.79 Å². The number of aryl methyl sites for hydroxylation is 2. The predicted octanol–water partition coefficient (Wildman–Crippen LogP) is 5.10. The van der Waals surface area contributed by atoms with Crippen LogP contribution in [0.15, 0.2) is 36.4 Å². The summed E-state index contributed by atoms with van der Waals surface area (Å²) in [5.41, 5.74) is 1.45. The molecule has 27 heavy (non-hydrogen) atoms. The molecule has 7 heteroatoms. The minimum absolute atomic E-state index is 0.0489. The van der Waals surface area contributed by atoms with Crippen LogP contribution in [0.4, 0.5) is 5.13 Å². The fraction of sp³-hybridized carbons (Fsp3) is 0.250. The van der Waals surface area contributed by atoms with Crippen LogP contribution in [0.5, 0.6) is 5.75 Å². The van der Waals surface area contributed by atoms with Gasteiger partial charge in [0.15, 0.2) is 17.0 Å². The average molecular weight is 401 g/mol. The molecule has 0 saturated heterocycles. The van der Waals surface area contributed by atoms with Crippen molar-refractivity contribution in [3.8, 4) is 16.3 Å². The summed E-state index contributed by atoms with van der Waals surface area (Å²) in [6.07, 6.45) is -0.719. The molecule has 0 fully saturated rings. The maximum atomic E-state index is 12.5. The zero-order valence-electron chi connectivity index (χ0n) is 15.5. The summed E-state index contributed by atoms with van der Waals surface area (Å²) < 4.78 is 5.68. The molecule has 0 bridgehead atoms. The summed E-state index contributed by atoms with van der Waals surface area (Å²) in [5.74, 6) is 0.147. The number of thiazole rings is 1. The molecular weight excluding hydrogens is 380 g/mol. The molecule has 2 heterocycles. The highest BCUT2D eigenvalue weighted by Gasteiger charge is 2.19. The van der Waals surface area contributed by atoms with Gasteiger partial charge in [-0.2, -0.15) is 0 Å². The Balaban J connectivity index is 1.68. The van der Waals surface area contributed by atoms with Crippen molar-refractivity contribution in [3.05, 3.63) is 51.7 Å². The Labute approximate surface area is 166 Å². The Bertz CT molecular complexity index is 991. The minimum atomic E-state index is -0.719. The molecule has 0 radical (unpaired) electrons. The first-order valence-corrected chi connectivity index (χ1v) is 10.1. The largest absolute Gasteiger partial charge is 0.481 e. The topological polar surface area (TPSA) is 68.3 Å². The highest BCUT2D eigenvalue weighted by atomic mass is 32.1. The van der Waals surface area contributed by atoms with E-state index in [1.165, 1.54) is 23.1 Å². The quantitative estimate of drug-likeness (QED) is 0.585. The Morgan fingerprint density at radius 3 is 2.59 bits per heavy atom. The molecule has 0 saturated carbocycles. The molecule has 1 amide bonds. The highest BCUT2D eigenvalue weighted by molar-refractivity contribution is 7.18. The summed E-state index contributed by atoms with van der Waals surface area (Å²) in [6, 6.07) is 10.9. The second kappa shape index (κ2) is 8.02. The number of thiophene rings is 1. The number of anilines is 1. The molecule has 3 aromatic rings. The van der Waals surface area contributed by atoms with Gasteiger partial charge in [-0.05, 0) is 52.0 Å². The predicted molar refractivity (Wildman–Crippen MR) is 110 cm³/mol. The van der Waals surface area contributed by atoms with Crippen LogP contribution in [0.2, 0.25) is 0 Å². The zero-order chi connectivity index (χ0) is 19.6. The fourth-order valence-electron chi connectivity index (χ4n) is 2.49. The lowest BCUT2D eigenvalue weighted by Crippen LogP contribution is -2.30. The van der Waals surface area contributed by atoms with E-state index < -0.39 is 6.10 Å². The lowest BCUT2D eigenvalue weighted by Gasteiger charge is -2.14. The van der Waals surface area contributed by atoms with Crippen LogP contribution in [0, 0.1) is 13.8 Å². The lowest BCUT2D eigenvalue weighted by molar-refractivity contribution is -0.122. The number of hydrogen-bond acceptors (Lipinski definition) is 6. The number of aromatic nitrogens is 1. The van der Waals surface area contributed by atoms with Gasteiger partial charge in [0.25, 0.3) is 5.91 Å². The number of Topliss-reactive ketones (excluding diaryl/α,β-unsaturated/α-hetero) is 1. The number of carbonyl (C=O) groups excluding carboxylic acids is 2. The summed E-state index contributed by atoms with van der Waals surface area (Å²) in [6.45, 7) is 7.20. The van der Waals surface area contributed by atoms with Gasteiger partial charge in [0.1, 0.15) is 5.75 Å². The molecule has 3 rings (SSSR count). The first kappa shape index (κ1) is 19.3. The number of nitrogens with zero attached hydrogens (tertiary/aromatic N) is 1. The van der Waals surface area contributed by atoms with Crippen molar-refractivity contribution in [2.45, 2.75) is 33.8 Å². The standard InChI is InChI=1S/C20H20N2O3S2/c1-11-8-9-17(26-11)18-14(4)27-20(21-18)22-19(24)13(3)25-16-7-5-6-15(10-16)12(2)23/h5-10,13H,1-4H3,(H,21,22,24). The fourth-order valence-corrected chi connectivity index (χ4v) is 4.30. The first-order chi connectivity index (χ1) is 12.8. The van der Waals surface area contributed by atoms with Crippen molar-refractivity contribution in [3.63, 3.8) is 0 Å². The SMILES string of the molecule is CC(=O)c1cccc(OC(C)C(=O)Nc2nc(-c3ccc(C)s3)c(C)s2)c1. The molecule has 0 aliphatic heterocycles. The van der Waals surface area contributed by atoms with Crippen molar-refractivity contribution >= 4 is 39.5 Å². The number of ether oxygens (including phenoxy) is 1. The Hall–Kier alpha value is -2.51. The lowest BCUT2D eigenvalue weighted by atomic mass is 10.1. The highest BCUT2D eigenvalue weighted by Crippen LogP contribution is 2.34. The van der Waals surface area contributed by atoms with Gasteiger partial charge >= 0.3 is 0 Å². The number of rotatable bonds is 6. The third-order valence-electron chi connectivity index (χ3n) is 3.92. The van der Waals surface area contributed by atoms with E-state index in [0.717, 1.165) is 15.4 Å². The molecule has 1 aromatic carbocycles. The van der Waals surface area contributed by atoms with Gasteiger partial charge in [-0.25, -0.2) is 4.98 Å². The van der Waals surface area contributed by atoms with Crippen LogP contribution in [0.3, 0.4) is 0 Å². The Kier molecular flexibility index (Phi) is 5.72. The monoisotopic (exact) mass is 400 g/mol. The normalized spacial score (nSPS) is 11.9. The van der Waals surface area contributed by atoms with Gasteiger partial charge in [0, 0.05) is 15.3 Å². The summed E-state index contributed by atoms with van der Waals surface area (Å²) >= 11 is 3.12. The summed E-state index contributed by atoms with van der Waals surface area (Å²) in [5, 5.41) is 3.37. The van der Waals surface area contributed by atoms with E-state index in [1.54, 1.807) is 42.5 Å². The average Bonchev–Trinajstić information content (AvgIpc) is 3.20. The molecular formula is C20H20N2O3S2. The van der Waals surface area contributed by atoms with Crippen molar-refractivity contribution in [2.75, 3.05) is 5.32 Å². The van der Waals surface area contributed by atoms with Crippen molar-refractivity contribution in [1.82, 2.24) is 4.98 Å². The van der Waals surface area contributed by atoms with Crippen molar-refractivity contribution in [1.29, 1.82) is 0 Å². The van der Waals surface area contributed by atoms with E-state index in [9.17, 15) is 9.59 Å². The van der Waals surface area contributed by atoms with Crippen molar-refractivity contribution in [2.24, 2.45) is 0 Å². The van der Waals surface area contributed by atoms with Crippen LogP contribution in [0.1, 0.15) is 34.0 Å². The number of nitrogens with one attached hydrogen (secondary N) is 1. The Morgan fingerprint density at radius 2 is 1.93 bits per heavy atom. The minimum Gasteiger partial charge on any atom is -0.481 e. The number of benzene rings is 1. The maximum Gasteiger partial charge on any atom is 0.266 e. The molecule has 140 valence electrons. The number of hydrogen-bond donors (Lipinski definition) is 1. The van der Waals surface area contributed by atoms with Gasteiger partial charge in [-0.3, -0.25) is 14.9 Å². The summed E-state index contributed by atoms with van der Waals surface area (Å²) in [7, 11) is 0. The first-order valence-electron chi connectivity index (χ1n) is 8.46. The molecule has 1 unspecified atom stereocenters. The smallest absolute Gasteiger partial charge is 0.266 e. The number of ketones is 1. The maximum absolute atomic E-state index is 12.5. The molecule has 0 aliphatic rings. The molecule has 0 spiro atoms. The zero-order valence-corrected chi connectivity index (χ0v) is 17.2. The van der Waals surface area contributed by atoms with E-state index in [1.807, 2.05) is 13.0 Å². The van der Waals surface area contributed by atoms with E-state index >= 15 is 0 Å². The molecule has 2 aromatic heterocycles. The third kappa shape index (κ3) is 4.61. The third-order valence-corrected chi connectivity index (χ3v) is 5.82. The van der Waals surface area contributed by atoms with E-state index in [4.69, 9.17) is 4.74 Å². The van der Waals surface area contributed by atoms with Gasteiger partial charge in [-0.1, -0.05) is 12.1 Å². The molecule has 5 nitrogen and oxygen atoms in total. The van der Waals surface area contributed by atoms with Crippen LogP contribution < -0.4 is 10.1 Å². The van der Waals surface area contributed by atoms with Crippen LogP contribution >= 0.6 is 22.7 Å². The van der Waals surface area contributed by atoms with Gasteiger partial charge in [-0.15, -0.1) is 22.7 Å². The molecule has 1 N–H and O–H groups in total. The van der Waals surface area contributed by atoms with E-state index in [0.29, 0.717) is 16.4 Å². The number of carbonyl (C=O) groups is 2. The molecule has 1 atom stereocenters. The second-order valence-corrected chi connectivity index (χ2v) is 8.66. The second-order valence-electron chi connectivity index (χ2n) is 6.17. The van der Waals surface area contributed by atoms with Crippen LogP contribution in [0.25, 0.3) is 10.6 Å². The van der Waals surface area contributed by atoms with Gasteiger partial charge in [0.2, 0.25) is 0 Å². The van der Waals surface area contributed by atoms with E-state index in [2.05, 4.69) is 23.3 Å². The van der Waals surface area contributed by atoms with Crippen LogP contribution in [-0.4, -0.2) is 22.8 Å². The van der Waals surface area contributed by atoms with Gasteiger partial charge in [0.05, 0.1) is 10.6 Å². The molecule has 0 aliphatic carbocycles. The Morgan fingerprint density at radius 1 is 1.15 bits per heavy atom. The van der Waals surface area contributed by atoms with Crippen molar-refractivity contribution < 1.29 is 14.3 Å². The summed E-state index contributed by atoms with van der Waals surface area (Å²) in [4.78, 5) is 31.9.